The average molecular weight is 1270 g/mol. The second-order valence-corrected chi connectivity index (χ2v) is 23.7. The van der Waals surface area contributed by atoms with Gasteiger partial charge in [-0.3, -0.25) is 33.6 Å². The van der Waals surface area contributed by atoms with E-state index in [2.05, 4.69) is 32.6 Å². The van der Waals surface area contributed by atoms with Crippen molar-refractivity contribution in [3.05, 3.63) is 52.5 Å². The summed E-state index contributed by atoms with van der Waals surface area (Å²) < 4.78 is 56.4. The van der Waals surface area contributed by atoms with E-state index in [4.69, 9.17) is 53.3 Å². The second kappa shape index (κ2) is 45.6. The molecule has 2 heterocycles. The van der Waals surface area contributed by atoms with Crippen LogP contribution in [0.4, 0.5) is 0 Å². The number of aromatic nitrogens is 1. The number of ketones is 1. The predicted octanol–water partition coefficient (Wildman–Crippen LogP) is 4.50. The zero-order valence-corrected chi connectivity index (χ0v) is 55.3. The number of likely N-dealkylation sites (N-methyl/N-ethyl adjacent to an activating group) is 2. The summed E-state index contributed by atoms with van der Waals surface area (Å²) in [4.78, 5) is 96.1. The van der Waals surface area contributed by atoms with Crippen molar-refractivity contribution < 1.29 is 81.0 Å². The Kier molecular flexibility index (Phi) is 40.2. The second-order valence-electron chi connectivity index (χ2n) is 22.8. The largest absolute Gasteiger partial charge is 0.379 e. The van der Waals surface area contributed by atoms with Gasteiger partial charge in [-0.25, -0.2) is 10.9 Å². The number of amides is 5. The first-order valence-electron chi connectivity index (χ1n) is 31.3. The van der Waals surface area contributed by atoms with E-state index in [0.29, 0.717) is 131 Å². The van der Waals surface area contributed by atoms with Crippen LogP contribution in [0, 0.1) is 23.7 Å². The lowest BCUT2D eigenvalue weighted by molar-refractivity contribution is -0.148. The number of hydrogen-bond donors (Lipinski definition) is 3. The highest BCUT2D eigenvalue weighted by atomic mass is 32.1. The summed E-state index contributed by atoms with van der Waals surface area (Å²) in [5.74, 6) is 2.07. The standard InChI is InChI=1S/C63H107N7O17S/c1-12-47(6)59(53(77-10)43-56(74)70-23-16-19-51(70)60(78-11)48(7)52(71)42-50(62-66-22-40-88-62)41-49-17-14-13-15-18-49)69(9)63(76)57(45(2)3)67-61(75)58(46(4)5)68(8)55(73)20-24-79-26-28-81-30-32-83-34-36-85-38-39-86-37-35-84-33-31-82-29-27-80-25-21-65-54(72)44-87-64/h13-15,17-18,22,40,45-48,50-51,53,57-60H,12,16,19-21,23-39,41-44,64H2,1-11H3,(H,65,72)(H,67,75)/t47-,48-,50+,51-,53+,57-,58?,59-,60+/m0/s1. The molecule has 5 amide bonds. The molecule has 2 aromatic rings. The van der Waals surface area contributed by atoms with Crippen LogP contribution in [0.3, 0.4) is 0 Å². The van der Waals surface area contributed by atoms with Crippen molar-refractivity contribution in [1.29, 1.82) is 0 Å². The molecule has 9 atom stereocenters. The Morgan fingerprint density at radius 3 is 1.74 bits per heavy atom. The number of thiazole rings is 1. The third-order valence-electron chi connectivity index (χ3n) is 15.7. The highest BCUT2D eigenvalue weighted by Crippen LogP contribution is 2.33. The van der Waals surface area contributed by atoms with Crippen LogP contribution < -0.4 is 16.5 Å². The Morgan fingerprint density at radius 1 is 0.716 bits per heavy atom. The molecule has 25 heteroatoms. The van der Waals surface area contributed by atoms with Gasteiger partial charge in [0.25, 0.3) is 0 Å². The van der Waals surface area contributed by atoms with Crippen LogP contribution in [0.1, 0.15) is 103 Å². The lowest BCUT2D eigenvalue weighted by Crippen LogP contribution is -2.60. The van der Waals surface area contributed by atoms with E-state index in [1.807, 2.05) is 76.9 Å². The summed E-state index contributed by atoms with van der Waals surface area (Å²) in [6.45, 7) is 20.1. The molecule has 4 N–H and O–H groups in total. The average Bonchev–Trinajstić information content (AvgIpc) is 4.42. The summed E-state index contributed by atoms with van der Waals surface area (Å²) in [5, 5.41) is 8.45. The van der Waals surface area contributed by atoms with Crippen LogP contribution >= 0.6 is 11.3 Å². The molecular formula is C63H107N7O17S. The van der Waals surface area contributed by atoms with Gasteiger partial charge in [-0.1, -0.05) is 85.2 Å². The number of nitrogens with two attached hydrogens (primary N) is 1. The minimum atomic E-state index is -0.948. The Labute approximate surface area is 527 Å². The van der Waals surface area contributed by atoms with Gasteiger partial charge in [0.05, 0.1) is 148 Å². The molecule has 3 rings (SSSR count). The predicted molar refractivity (Wildman–Crippen MR) is 333 cm³/mol. The molecule has 1 unspecified atom stereocenters. The smallest absolute Gasteiger partial charge is 0.248 e. The van der Waals surface area contributed by atoms with Crippen LogP contribution in [0.15, 0.2) is 41.9 Å². The highest BCUT2D eigenvalue weighted by Gasteiger charge is 2.44. The zero-order chi connectivity index (χ0) is 64.6. The Balaban J connectivity index is 1.38. The number of nitrogens with one attached hydrogen (secondary N) is 2. The summed E-state index contributed by atoms with van der Waals surface area (Å²) in [7, 11) is 6.45. The molecular weight excluding hydrogens is 1160 g/mol. The van der Waals surface area contributed by atoms with E-state index in [1.54, 1.807) is 50.7 Å². The molecule has 1 fully saturated rings. The monoisotopic (exact) mass is 1270 g/mol. The minimum absolute atomic E-state index is 0.0113. The van der Waals surface area contributed by atoms with Gasteiger partial charge in [0.2, 0.25) is 29.5 Å². The van der Waals surface area contributed by atoms with E-state index >= 15 is 0 Å². The summed E-state index contributed by atoms with van der Waals surface area (Å²) in [6.07, 6.45) is 3.66. The van der Waals surface area contributed by atoms with Gasteiger partial charge in [0.15, 0.2) is 0 Å². The van der Waals surface area contributed by atoms with Crippen molar-refractivity contribution in [2.24, 2.45) is 29.6 Å². The number of Topliss-reactive ketones (excluding diaryl/α,β-unsaturated/α-hetero) is 1. The molecule has 1 aromatic heterocycles. The van der Waals surface area contributed by atoms with Gasteiger partial charge in [-0.05, 0) is 42.6 Å². The summed E-state index contributed by atoms with van der Waals surface area (Å²) in [6, 6.07) is 7.41. The Bertz CT molecular complexity index is 2220. The van der Waals surface area contributed by atoms with E-state index in [9.17, 15) is 28.8 Å². The SMILES string of the molecule is CC[C@H](C)[C@@H]([C@@H](CC(=O)N1CCC[C@H]1[C@H](OC)[C@@H](C)C(=O)C[C@@H](Cc1ccccc1)c1nccs1)OC)N(C)C(=O)[C@@H](NC(=O)C(C(C)C)N(C)C(=O)CCOCCOCCOCCOCCOCCOCCOCCOCCNC(=O)CON)C(C)C. The Hall–Kier alpha value is -4.61. The van der Waals surface area contributed by atoms with Gasteiger partial charge in [0, 0.05) is 71.2 Å². The Morgan fingerprint density at radius 2 is 1.26 bits per heavy atom. The van der Waals surface area contributed by atoms with Crippen molar-refractivity contribution in [2.75, 3.05) is 154 Å². The molecule has 0 bridgehead atoms. The molecule has 0 spiro atoms. The number of benzene rings is 1. The molecule has 1 saturated heterocycles. The van der Waals surface area contributed by atoms with Crippen molar-refractivity contribution in [1.82, 2.24) is 30.3 Å². The van der Waals surface area contributed by atoms with Gasteiger partial charge < -0.3 is 72.7 Å². The first-order valence-corrected chi connectivity index (χ1v) is 32.1. The maximum Gasteiger partial charge on any atom is 0.248 e. The number of nitrogens with zero attached hydrogens (tertiary/aromatic N) is 4. The van der Waals surface area contributed by atoms with E-state index in [1.165, 1.54) is 4.90 Å². The van der Waals surface area contributed by atoms with E-state index in [0.717, 1.165) is 17.0 Å². The van der Waals surface area contributed by atoms with Crippen LogP contribution in [-0.2, 0) is 87.4 Å². The molecule has 1 aliphatic rings. The first-order chi connectivity index (χ1) is 42.4. The minimum Gasteiger partial charge on any atom is -0.379 e. The van der Waals surface area contributed by atoms with Crippen LogP contribution in [0.25, 0.3) is 0 Å². The molecule has 24 nitrogen and oxygen atoms in total. The van der Waals surface area contributed by atoms with Crippen molar-refractivity contribution in [2.45, 2.75) is 136 Å². The third-order valence-corrected chi connectivity index (χ3v) is 16.7. The maximum atomic E-state index is 14.7. The molecule has 0 saturated carbocycles. The first kappa shape index (κ1) is 77.6. The number of carbonyl (C=O) groups excluding carboxylic acids is 6. The fraction of sp³-hybridized carbons (Fsp3) is 0.762. The number of methoxy groups -OCH3 is 2. The van der Waals surface area contributed by atoms with Crippen molar-refractivity contribution in [3.8, 4) is 0 Å². The molecule has 502 valence electrons. The molecule has 0 aliphatic carbocycles. The van der Waals surface area contributed by atoms with Crippen molar-refractivity contribution >= 4 is 46.7 Å². The van der Waals surface area contributed by atoms with Gasteiger partial charge in [0.1, 0.15) is 24.5 Å². The zero-order valence-electron chi connectivity index (χ0n) is 54.5. The lowest BCUT2D eigenvalue weighted by atomic mass is 9.85. The van der Waals surface area contributed by atoms with Crippen molar-refractivity contribution in [3.63, 3.8) is 0 Å². The van der Waals surface area contributed by atoms with Gasteiger partial charge >= 0.3 is 0 Å². The lowest BCUT2D eigenvalue weighted by Gasteiger charge is -2.41. The van der Waals surface area contributed by atoms with Crippen LogP contribution in [0.2, 0.25) is 0 Å². The number of ether oxygens (including phenoxy) is 10. The number of hydrogen-bond acceptors (Lipinski definition) is 20. The number of rotatable bonds is 51. The van der Waals surface area contributed by atoms with Crippen LogP contribution in [0.5, 0.6) is 0 Å². The van der Waals surface area contributed by atoms with Crippen LogP contribution in [-0.4, -0.2) is 245 Å². The topological polar surface area (TPSA) is 277 Å². The molecule has 1 aromatic carbocycles. The molecule has 1 aliphatic heterocycles. The number of carbonyl (C=O) groups is 6. The van der Waals surface area contributed by atoms with E-state index < -0.39 is 42.2 Å². The van der Waals surface area contributed by atoms with E-state index in [-0.39, 0.29) is 91.8 Å². The maximum absolute atomic E-state index is 14.7. The van der Waals surface area contributed by atoms with Gasteiger partial charge in [-0.2, -0.15) is 0 Å². The van der Waals surface area contributed by atoms with Gasteiger partial charge in [-0.15, -0.1) is 11.3 Å². The normalized spacial score (nSPS) is 16.2. The number of likely N-dealkylation sites (tertiary alicyclic amines) is 1. The third kappa shape index (κ3) is 28.7. The highest BCUT2D eigenvalue weighted by molar-refractivity contribution is 7.09. The molecule has 88 heavy (non-hydrogen) atoms. The summed E-state index contributed by atoms with van der Waals surface area (Å²) in [5.41, 5.74) is 1.13. The fourth-order valence-corrected chi connectivity index (χ4v) is 11.5. The fourth-order valence-electron chi connectivity index (χ4n) is 10.8. The molecule has 0 radical (unpaired) electrons. The quantitative estimate of drug-likeness (QED) is 0.0607. The summed E-state index contributed by atoms with van der Waals surface area (Å²) >= 11 is 1.55.